The summed E-state index contributed by atoms with van der Waals surface area (Å²) in [6.45, 7) is 2.95. The molecule has 0 radical (unpaired) electrons. The van der Waals surface area contributed by atoms with Gasteiger partial charge in [0.25, 0.3) is 0 Å². The molecule has 0 saturated carbocycles. The molecule has 3 N–H and O–H groups in total. The topological polar surface area (TPSA) is 70.6 Å². The molecule has 2 aromatic rings. The molecule has 3 rings (SSSR count). The summed E-state index contributed by atoms with van der Waals surface area (Å²) in [5, 5.41) is 15.5. The normalized spacial score (nSPS) is 17.3. The summed E-state index contributed by atoms with van der Waals surface area (Å²) in [4.78, 5) is 12.2. The number of ether oxygens (including phenoxy) is 1. The molecular formula is C19H22N2O3. The van der Waals surface area contributed by atoms with Gasteiger partial charge in [-0.2, -0.15) is 0 Å². The van der Waals surface area contributed by atoms with Crippen molar-refractivity contribution in [2.75, 3.05) is 25.0 Å². The lowest BCUT2D eigenvalue weighted by molar-refractivity contribution is 0.0985. The van der Waals surface area contributed by atoms with Crippen LogP contribution < -0.4 is 15.4 Å². The minimum atomic E-state index is -0.466. The summed E-state index contributed by atoms with van der Waals surface area (Å²) < 4.78 is 6.04. The Hall–Kier alpha value is -2.37. The van der Waals surface area contributed by atoms with E-state index in [9.17, 15) is 9.90 Å². The maximum atomic E-state index is 12.2. The molecule has 2 aromatic carbocycles. The van der Waals surface area contributed by atoms with Crippen LogP contribution in [0.25, 0.3) is 0 Å². The van der Waals surface area contributed by atoms with Crippen molar-refractivity contribution in [3.8, 4) is 5.75 Å². The van der Waals surface area contributed by atoms with Gasteiger partial charge in [-0.3, -0.25) is 4.79 Å². The van der Waals surface area contributed by atoms with Crippen molar-refractivity contribution in [3.05, 3.63) is 59.7 Å². The van der Waals surface area contributed by atoms with Gasteiger partial charge in [-0.25, -0.2) is 0 Å². The molecule has 2 atom stereocenters. The summed E-state index contributed by atoms with van der Waals surface area (Å²) in [5.41, 5.74) is 2.59. The van der Waals surface area contributed by atoms with Crippen molar-refractivity contribution in [1.29, 1.82) is 0 Å². The zero-order valence-electron chi connectivity index (χ0n) is 13.7. The van der Waals surface area contributed by atoms with E-state index in [1.54, 1.807) is 13.0 Å². The molecule has 1 aliphatic rings. The molecular weight excluding hydrogens is 304 g/mol. The molecule has 0 fully saturated rings. The Morgan fingerprint density at radius 2 is 2.12 bits per heavy atom. The predicted octanol–water partition coefficient (Wildman–Crippen LogP) is 2.39. The second-order valence-electron chi connectivity index (χ2n) is 6.01. The van der Waals surface area contributed by atoms with Crippen LogP contribution in [0.1, 0.15) is 28.9 Å². The highest BCUT2D eigenvalue weighted by Crippen LogP contribution is 2.34. The molecule has 1 aliphatic heterocycles. The average molecular weight is 326 g/mol. The highest BCUT2D eigenvalue weighted by Gasteiger charge is 2.21. The monoisotopic (exact) mass is 326 g/mol. The van der Waals surface area contributed by atoms with Gasteiger partial charge < -0.3 is 20.5 Å². The molecule has 1 heterocycles. The fourth-order valence-corrected chi connectivity index (χ4v) is 2.69. The van der Waals surface area contributed by atoms with Crippen molar-refractivity contribution in [1.82, 2.24) is 5.32 Å². The number of anilines is 1. The zero-order valence-corrected chi connectivity index (χ0v) is 13.7. The lowest BCUT2D eigenvalue weighted by atomic mass is 10.1. The van der Waals surface area contributed by atoms with E-state index in [-0.39, 0.29) is 18.4 Å². The number of fused-ring (bicyclic) bond motifs is 1. The number of carbonyl (C=O) groups excluding carboxylic acids is 1. The SMILES string of the molecule is CC(O)CNCC(=O)c1ccc2c(c1)NCC(c1ccccc1)O2. The highest BCUT2D eigenvalue weighted by atomic mass is 16.5. The number of benzene rings is 2. The van der Waals surface area contributed by atoms with E-state index in [0.29, 0.717) is 18.7 Å². The van der Waals surface area contributed by atoms with Crippen molar-refractivity contribution in [2.45, 2.75) is 19.1 Å². The molecule has 5 heteroatoms. The zero-order chi connectivity index (χ0) is 16.9. The molecule has 0 amide bonds. The molecule has 0 saturated heterocycles. The molecule has 0 aliphatic carbocycles. The fraction of sp³-hybridized carbons (Fsp3) is 0.316. The van der Waals surface area contributed by atoms with Gasteiger partial charge in [0.15, 0.2) is 5.78 Å². The van der Waals surface area contributed by atoms with E-state index in [2.05, 4.69) is 10.6 Å². The van der Waals surface area contributed by atoms with E-state index in [1.807, 2.05) is 42.5 Å². The first kappa shape index (κ1) is 16.5. The number of nitrogens with one attached hydrogen (secondary N) is 2. The largest absolute Gasteiger partial charge is 0.482 e. The quantitative estimate of drug-likeness (QED) is 0.711. The van der Waals surface area contributed by atoms with Crippen LogP contribution in [-0.4, -0.2) is 36.6 Å². The summed E-state index contributed by atoms with van der Waals surface area (Å²) in [7, 11) is 0. The van der Waals surface area contributed by atoms with E-state index in [1.165, 1.54) is 0 Å². The highest BCUT2D eigenvalue weighted by molar-refractivity contribution is 5.98. The van der Waals surface area contributed by atoms with Crippen LogP contribution in [0.4, 0.5) is 5.69 Å². The number of ketones is 1. The molecule has 0 bridgehead atoms. The second-order valence-corrected chi connectivity index (χ2v) is 6.01. The Balaban J connectivity index is 1.66. The molecule has 24 heavy (non-hydrogen) atoms. The first-order valence-electron chi connectivity index (χ1n) is 8.15. The Morgan fingerprint density at radius 1 is 1.33 bits per heavy atom. The van der Waals surface area contributed by atoms with Crippen LogP contribution in [0.2, 0.25) is 0 Å². The van der Waals surface area contributed by atoms with E-state index < -0.39 is 6.10 Å². The Bertz CT molecular complexity index is 701. The summed E-state index contributed by atoms with van der Waals surface area (Å²) in [6, 6.07) is 15.5. The van der Waals surface area contributed by atoms with Crippen LogP contribution in [0.3, 0.4) is 0 Å². The van der Waals surface area contributed by atoms with Crippen molar-refractivity contribution in [3.63, 3.8) is 0 Å². The summed E-state index contributed by atoms with van der Waals surface area (Å²) in [6.07, 6.45) is -0.501. The van der Waals surface area contributed by atoms with Crippen molar-refractivity contribution >= 4 is 11.5 Å². The predicted molar refractivity (Wildman–Crippen MR) is 93.6 cm³/mol. The molecule has 5 nitrogen and oxygen atoms in total. The molecule has 0 spiro atoms. The Kier molecular flexibility index (Phi) is 5.13. The lowest BCUT2D eigenvalue weighted by Gasteiger charge is -2.28. The maximum absolute atomic E-state index is 12.2. The van der Waals surface area contributed by atoms with Gasteiger partial charge in [0.05, 0.1) is 24.9 Å². The molecule has 0 aromatic heterocycles. The van der Waals surface area contributed by atoms with Gasteiger partial charge in [0, 0.05) is 12.1 Å². The van der Waals surface area contributed by atoms with Crippen LogP contribution in [0, 0.1) is 0 Å². The van der Waals surface area contributed by atoms with Gasteiger partial charge in [-0.1, -0.05) is 30.3 Å². The third-order valence-electron chi connectivity index (χ3n) is 3.95. The minimum Gasteiger partial charge on any atom is -0.482 e. The number of aliphatic hydroxyl groups excluding tert-OH is 1. The van der Waals surface area contributed by atoms with Crippen LogP contribution in [0.15, 0.2) is 48.5 Å². The van der Waals surface area contributed by atoms with Crippen molar-refractivity contribution in [2.24, 2.45) is 0 Å². The number of hydrogen-bond acceptors (Lipinski definition) is 5. The number of carbonyl (C=O) groups is 1. The van der Waals surface area contributed by atoms with Gasteiger partial charge >= 0.3 is 0 Å². The number of hydrogen-bond donors (Lipinski definition) is 3. The first-order valence-corrected chi connectivity index (χ1v) is 8.15. The maximum Gasteiger partial charge on any atom is 0.176 e. The number of Topliss-reactive ketones (excluding diaryl/α,β-unsaturated/α-hetero) is 1. The Morgan fingerprint density at radius 3 is 2.88 bits per heavy atom. The second kappa shape index (κ2) is 7.47. The average Bonchev–Trinajstić information content (AvgIpc) is 2.61. The Labute approximate surface area is 141 Å². The van der Waals surface area contributed by atoms with Gasteiger partial charge in [0.1, 0.15) is 11.9 Å². The first-order chi connectivity index (χ1) is 11.6. The lowest BCUT2D eigenvalue weighted by Crippen LogP contribution is -2.30. The molecule has 2 unspecified atom stereocenters. The third-order valence-corrected chi connectivity index (χ3v) is 3.95. The summed E-state index contributed by atoms with van der Waals surface area (Å²) >= 11 is 0. The van der Waals surface area contributed by atoms with Gasteiger partial charge in [-0.05, 0) is 30.7 Å². The fourth-order valence-electron chi connectivity index (χ4n) is 2.69. The standard InChI is InChI=1S/C19H22N2O3/c1-13(22)10-20-11-17(23)15-7-8-18-16(9-15)21-12-19(24-18)14-5-3-2-4-6-14/h2-9,13,19-22H,10-12H2,1H3. The van der Waals surface area contributed by atoms with Gasteiger partial charge in [-0.15, -0.1) is 0 Å². The van der Waals surface area contributed by atoms with Crippen LogP contribution in [0.5, 0.6) is 5.75 Å². The third kappa shape index (κ3) is 3.93. The van der Waals surface area contributed by atoms with Crippen LogP contribution in [-0.2, 0) is 0 Å². The number of rotatable bonds is 6. The van der Waals surface area contributed by atoms with Crippen molar-refractivity contribution < 1.29 is 14.6 Å². The van der Waals surface area contributed by atoms with E-state index in [4.69, 9.17) is 4.74 Å². The smallest absolute Gasteiger partial charge is 0.176 e. The number of aliphatic hydroxyl groups is 1. The molecule has 126 valence electrons. The van der Waals surface area contributed by atoms with Crippen LogP contribution >= 0.6 is 0 Å². The van der Waals surface area contributed by atoms with Gasteiger partial charge in [0.2, 0.25) is 0 Å². The summed E-state index contributed by atoms with van der Waals surface area (Å²) in [5.74, 6) is 0.744. The van der Waals surface area contributed by atoms with E-state index in [0.717, 1.165) is 17.0 Å². The van der Waals surface area contributed by atoms with E-state index >= 15 is 0 Å². The minimum absolute atomic E-state index is 0.00886.